The molecule has 0 aromatic heterocycles. The number of carbonyl (C=O) groups excluding carboxylic acids is 2. The van der Waals surface area contributed by atoms with Crippen LogP contribution in [0.3, 0.4) is 0 Å². The van der Waals surface area contributed by atoms with Gasteiger partial charge in [0.25, 0.3) is 0 Å². The molecule has 9 nitrogen and oxygen atoms in total. The van der Waals surface area contributed by atoms with E-state index in [2.05, 4.69) is 21.4 Å². The Hall–Kier alpha value is -4.37. The number of rotatable bonds is 9. The molecule has 4 rings (SSSR count). The minimum Gasteiger partial charge on any atom is -0.446 e. The van der Waals surface area contributed by atoms with E-state index in [9.17, 15) is 9.59 Å². The van der Waals surface area contributed by atoms with Gasteiger partial charge in [0.05, 0.1) is 6.42 Å². The molecule has 174 valence electrons. The molecule has 0 atom stereocenters. The van der Waals surface area contributed by atoms with Gasteiger partial charge in [0.1, 0.15) is 11.6 Å². The molecule has 0 radical (unpaired) electrons. The summed E-state index contributed by atoms with van der Waals surface area (Å²) in [5.41, 5.74) is 8.66. The van der Waals surface area contributed by atoms with E-state index in [0.717, 1.165) is 22.5 Å². The number of amides is 1. The van der Waals surface area contributed by atoms with Crippen LogP contribution in [0.4, 0.5) is 4.79 Å². The Kier molecular flexibility index (Phi) is 7.70. The highest BCUT2D eigenvalue weighted by Crippen LogP contribution is 2.13. The molecule has 0 fully saturated rings. The van der Waals surface area contributed by atoms with Gasteiger partial charge in [0.2, 0.25) is 0 Å². The van der Waals surface area contributed by atoms with Crippen LogP contribution in [0.2, 0.25) is 0 Å². The monoisotopic (exact) mass is 459 g/mol. The maximum absolute atomic E-state index is 12.2. The molecule has 1 amide bonds. The van der Waals surface area contributed by atoms with Gasteiger partial charge in [-0.05, 0) is 28.8 Å². The van der Waals surface area contributed by atoms with Crippen LogP contribution < -0.4 is 21.0 Å². The first-order chi connectivity index (χ1) is 16.6. The van der Waals surface area contributed by atoms with Crippen LogP contribution in [0.15, 0.2) is 90.0 Å². The van der Waals surface area contributed by atoms with Crippen molar-refractivity contribution in [3.8, 4) is 5.75 Å². The number of nitrogens with one attached hydrogen (secondary N) is 3. The van der Waals surface area contributed by atoms with Gasteiger partial charge in [0.15, 0.2) is 6.73 Å². The highest BCUT2D eigenvalue weighted by Gasteiger charge is 2.16. The van der Waals surface area contributed by atoms with Crippen molar-refractivity contribution in [3.05, 3.63) is 102 Å². The number of amidine groups is 1. The van der Waals surface area contributed by atoms with Crippen LogP contribution in [0.25, 0.3) is 0 Å². The van der Waals surface area contributed by atoms with Crippen LogP contribution in [0, 0.1) is 0 Å². The maximum atomic E-state index is 12.2. The van der Waals surface area contributed by atoms with Crippen LogP contribution in [-0.4, -0.2) is 29.7 Å². The fourth-order valence-corrected chi connectivity index (χ4v) is 3.20. The number of ether oxygens (including phenoxy) is 2. The van der Waals surface area contributed by atoms with Gasteiger partial charge in [-0.2, -0.15) is 0 Å². The normalized spacial score (nSPS) is 12.8. The Morgan fingerprint density at radius 2 is 1.53 bits per heavy atom. The predicted octanol–water partition coefficient (Wildman–Crippen LogP) is 2.90. The van der Waals surface area contributed by atoms with Gasteiger partial charge in [-0.1, -0.05) is 77.9 Å². The molecule has 3 aromatic rings. The molecular weight excluding hydrogens is 434 g/mol. The molecule has 0 saturated heterocycles. The van der Waals surface area contributed by atoms with E-state index in [1.807, 2.05) is 60.7 Å². The zero-order valence-electron chi connectivity index (χ0n) is 18.4. The average Bonchev–Trinajstić information content (AvgIpc) is 3.31. The molecule has 0 spiro atoms. The molecule has 34 heavy (non-hydrogen) atoms. The van der Waals surface area contributed by atoms with Crippen molar-refractivity contribution in [1.82, 2.24) is 21.4 Å². The summed E-state index contributed by atoms with van der Waals surface area (Å²) in [6.07, 6.45) is 0.179. The number of nitrogens with zero attached hydrogens (tertiary/aromatic N) is 2. The first kappa shape index (κ1) is 22.8. The highest BCUT2D eigenvalue weighted by molar-refractivity contribution is 5.84. The average molecular weight is 460 g/mol. The Labute approximate surface area is 197 Å². The molecule has 0 unspecified atom stereocenters. The molecule has 3 N–H and O–H groups in total. The van der Waals surface area contributed by atoms with E-state index in [4.69, 9.17) is 9.47 Å². The summed E-state index contributed by atoms with van der Waals surface area (Å²) in [5, 5.41) is 8.36. The zero-order valence-corrected chi connectivity index (χ0v) is 18.4. The number of carbonyl (C=O) groups is 2. The topological polar surface area (TPSA) is 104 Å². The number of benzene rings is 3. The summed E-state index contributed by atoms with van der Waals surface area (Å²) in [7, 11) is 0. The van der Waals surface area contributed by atoms with Crippen molar-refractivity contribution < 1.29 is 19.1 Å². The van der Waals surface area contributed by atoms with Crippen molar-refractivity contribution in [3.63, 3.8) is 0 Å². The van der Waals surface area contributed by atoms with E-state index in [1.165, 1.54) is 5.12 Å². The summed E-state index contributed by atoms with van der Waals surface area (Å²) in [4.78, 5) is 24.1. The maximum Gasteiger partial charge on any atom is 0.412 e. The van der Waals surface area contributed by atoms with Crippen molar-refractivity contribution in [1.29, 1.82) is 0 Å². The zero-order chi connectivity index (χ0) is 23.6. The molecule has 1 heterocycles. The van der Waals surface area contributed by atoms with Crippen LogP contribution in [0.1, 0.15) is 16.7 Å². The second-order valence-electron chi connectivity index (χ2n) is 7.56. The number of hydrazine groups is 2. The fraction of sp³-hybridized carbons (Fsp3) is 0.160. The highest BCUT2D eigenvalue weighted by atomic mass is 16.6. The Balaban J connectivity index is 1.14. The summed E-state index contributed by atoms with van der Waals surface area (Å²) in [6, 6.07) is 26.2. The van der Waals surface area contributed by atoms with Crippen molar-refractivity contribution in [2.45, 2.75) is 19.4 Å². The first-order valence-electron chi connectivity index (χ1n) is 10.8. The molecule has 0 bridgehead atoms. The smallest absolute Gasteiger partial charge is 0.412 e. The standard InChI is InChI=1S/C25H25N5O4/c31-24(33-18-30-28-23(27-29-30)15-19-7-3-1-4-8-19)16-20-11-13-22(14-12-20)34-25(32)26-17-21-9-5-2-6-10-21/h1-14,29H,15-18H2,(H,26,32)(H,27,28). The molecule has 0 saturated carbocycles. The lowest BCUT2D eigenvalue weighted by atomic mass is 10.1. The third-order valence-corrected chi connectivity index (χ3v) is 4.90. The van der Waals surface area contributed by atoms with E-state index >= 15 is 0 Å². The largest absolute Gasteiger partial charge is 0.446 e. The van der Waals surface area contributed by atoms with Crippen LogP contribution in [0.5, 0.6) is 5.75 Å². The number of hydrogen-bond acceptors (Lipinski definition) is 8. The molecule has 3 aromatic carbocycles. The first-order valence-corrected chi connectivity index (χ1v) is 10.8. The SMILES string of the molecule is O=C(Cc1ccc(OC(=O)NCc2ccccc2)cc1)OCN1NN=C(Cc2ccccc2)N1. The lowest BCUT2D eigenvalue weighted by Crippen LogP contribution is -2.43. The van der Waals surface area contributed by atoms with Gasteiger partial charge in [-0.25, -0.2) is 10.3 Å². The van der Waals surface area contributed by atoms with Crippen molar-refractivity contribution >= 4 is 17.9 Å². The van der Waals surface area contributed by atoms with Crippen molar-refractivity contribution in [2.75, 3.05) is 6.73 Å². The van der Waals surface area contributed by atoms with Gasteiger partial charge < -0.3 is 14.8 Å². The van der Waals surface area contributed by atoms with E-state index in [0.29, 0.717) is 18.7 Å². The summed E-state index contributed by atoms with van der Waals surface area (Å²) in [6.45, 7) is 0.368. The Morgan fingerprint density at radius 1 is 0.853 bits per heavy atom. The molecular formula is C25H25N5O4. The van der Waals surface area contributed by atoms with Gasteiger partial charge in [0, 0.05) is 13.0 Å². The number of hydrogen-bond donors (Lipinski definition) is 3. The number of esters is 1. The van der Waals surface area contributed by atoms with Crippen LogP contribution in [-0.2, 0) is 28.9 Å². The van der Waals surface area contributed by atoms with Crippen molar-refractivity contribution in [2.24, 2.45) is 5.10 Å². The second kappa shape index (κ2) is 11.5. The third-order valence-electron chi connectivity index (χ3n) is 4.90. The molecule has 1 aliphatic heterocycles. The van der Waals surface area contributed by atoms with E-state index in [-0.39, 0.29) is 13.2 Å². The summed E-state index contributed by atoms with van der Waals surface area (Å²) in [5.74, 6) is 0.719. The lowest BCUT2D eigenvalue weighted by Gasteiger charge is -2.15. The van der Waals surface area contributed by atoms with Gasteiger partial charge >= 0.3 is 12.1 Å². The molecule has 9 heteroatoms. The van der Waals surface area contributed by atoms with Gasteiger partial charge in [-0.15, -0.1) is 5.10 Å². The second-order valence-corrected chi connectivity index (χ2v) is 7.56. The summed E-state index contributed by atoms with van der Waals surface area (Å²) >= 11 is 0. The lowest BCUT2D eigenvalue weighted by molar-refractivity contribution is -0.150. The van der Waals surface area contributed by atoms with Gasteiger partial charge in [-0.3, -0.25) is 10.2 Å². The quantitative estimate of drug-likeness (QED) is 0.423. The molecule has 0 aliphatic carbocycles. The van der Waals surface area contributed by atoms with E-state index in [1.54, 1.807) is 24.3 Å². The fourth-order valence-electron chi connectivity index (χ4n) is 3.20. The summed E-state index contributed by atoms with van der Waals surface area (Å²) < 4.78 is 10.6. The molecule has 1 aliphatic rings. The minimum absolute atomic E-state index is 0.0105. The van der Waals surface area contributed by atoms with Crippen LogP contribution >= 0.6 is 0 Å². The predicted molar refractivity (Wildman–Crippen MR) is 126 cm³/mol. The Morgan fingerprint density at radius 3 is 2.24 bits per heavy atom. The Bertz CT molecular complexity index is 1120. The third kappa shape index (κ3) is 7.07. The van der Waals surface area contributed by atoms with E-state index < -0.39 is 12.1 Å². The number of hydrazone groups is 1. The minimum atomic E-state index is -0.546.